The maximum Gasteiger partial charge on any atom is 0.255 e. The zero-order valence-electron chi connectivity index (χ0n) is 15.3. The van der Waals surface area contributed by atoms with E-state index in [1.165, 1.54) is 18.4 Å². The van der Waals surface area contributed by atoms with Crippen molar-refractivity contribution in [2.75, 3.05) is 19.6 Å². The van der Waals surface area contributed by atoms with Gasteiger partial charge in [-0.2, -0.15) is 0 Å². The summed E-state index contributed by atoms with van der Waals surface area (Å²) in [7, 11) is 0. The van der Waals surface area contributed by atoms with Gasteiger partial charge in [-0.25, -0.2) is 0 Å². The molecule has 3 heterocycles. The predicted molar refractivity (Wildman–Crippen MR) is 103 cm³/mol. The maximum atomic E-state index is 12.9. The fourth-order valence-electron chi connectivity index (χ4n) is 4.53. The van der Waals surface area contributed by atoms with Gasteiger partial charge in [-0.05, 0) is 62.4 Å². The average Bonchev–Trinajstić information content (AvgIpc) is 3.19. The molecule has 1 unspecified atom stereocenters. The molecule has 1 amide bonds. The molecule has 136 valence electrons. The van der Waals surface area contributed by atoms with Crippen molar-refractivity contribution in [3.8, 4) is 0 Å². The Morgan fingerprint density at radius 1 is 1.00 bits per heavy atom. The SMILES string of the molecule is O=C(c1cccnc1)N1CCCC1C1CCN(Cc2ccccc2)CC1. The smallest absolute Gasteiger partial charge is 0.255 e. The van der Waals surface area contributed by atoms with E-state index < -0.39 is 0 Å². The predicted octanol–water partition coefficient (Wildman–Crippen LogP) is 3.60. The molecule has 2 saturated heterocycles. The Labute approximate surface area is 155 Å². The third kappa shape index (κ3) is 3.80. The van der Waals surface area contributed by atoms with E-state index in [1.807, 2.05) is 12.1 Å². The molecule has 1 aromatic heterocycles. The van der Waals surface area contributed by atoms with Gasteiger partial charge in [-0.1, -0.05) is 30.3 Å². The Bertz CT molecular complexity index is 711. The largest absolute Gasteiger partial charge is 0.335 e. The van der Waals surface area contributed by atoms with Crippen LogP contribution in [0.25, 0.3) is 0 Å². The van der Waals surface area contributed by atoms with E-state index in [9.17, 15) is 4.79 Å². The summed E-state index contributed by atoms with van der Waals surface area (Å²) in [6.07, 6.45) is 8.07. The fraction of sp³-hybridized carbons (Fsp3) is 0.455. The van der Waals surface area contributed by atoms with Crippen LogP contribution in [0.5, 0.6) is 0 Å². The van der Waals surface area contributed by atoms with Crippen molar-refractivity contribution in [3.63, 3.8) is 0 Å². The molecule has 4 nitrogen and oxygen atoms in total. The Morgan fingerprint density at radius 2 is 1.81 bits per heavy atom. The zero-order chi connectivity index (χ0) is 17.8. The van der Waals surface area contributed by atoms with Crippen LogP contribution >= 0.6 is 0 Å². The third-order valence-corrected chi connectivity index (χ3v) is 5.89. The maximum absolute atomic E-state index is 12.9. The van der Waals surface area contributed by atoms with Crippen molar-refractivity contribution < 1.29 is 4.79 Å². The van der Waals surface area contributed by atoms with Crippen LogP contribution in [0, 0.1) is 5.92 Å². The molecule has 1 aromatic carbocycles. The van der Waals surface area contributed by atoms with Crippen LogP contribution in [0.2, 0.25) is 0 Å². The number of benzene rings is 1. The molecule has 0 bridgehead atoms. The van der Waals surface area contributed by atoms with Gasteiger partial charge in [0.05, 0.1) is 5.56 Å². The number of piperidine rings is 1. The highest BCUT2D eigenvalue weighted by Gasteiger charge is 2.36. The molecule has 2 aromatic rings. The van der Waals surface area contributed by atoms with Crippen LogP contribution in [0.15, 0.2) is 54.9 Å². The first kappa shape index (κ1) is 17.2. The van der Waals surface area contributed by atoms with E-state index >= 15 is 0 Å². The number of amides is 1. The molecular formula is C22H27N3O. The van der Waals surface area contributed by atoms with Gasteiger partial charge in [-0.15, -0.1) is 0 Å². The van der Waals surface area contributed by atoms with E-state index in [-0.39, 0.29) is 5.91 Å². The molecule has 4 heteroatoms. The zero-order valence-corrected chi connectivity index (χ0v) is 15.3. The highest BCUT2D eigenvalue weighted by atomic mass is 16.2. The van der Waals surface area contributed by atoms with Crippen LogP contribution in [0.3, 0.4) is 0 Å². The second-order valence-electron chi connectivity index (χ2n) is 7.55. The summed E-state index contributed by atoms with van der Waals surface area (Å²) in [6.45, 7) is 4.19. The Morgan fingerprint density at radius 3 is 2.54 bits per heavy atom. The fourth-order valence-corrected chi connectivity index (χ4v) is 4.53. The average molecular weight is 349 g/mol. The lowest BCUT2D eigenvalue weighted by Crippen LogP contribution is -2.44. The minimum Gasteiger partial charge on any atom is -0.335 e. The number of nitrogens with zero attached hydrogens (tertiary/aromatic N) is 3. The van der Waals surface area contributed by atoms with Gasteiger partial charge in [-0.3, -0.25) is 14.7 Å². The van der Waals surface area contributed by atoms with Gasteiger partial charge in [0.2, 0.25) is 0 Å². The lowest BCUT2D eigenvalue weighted by atomic mass is 9.87. The number of hydrogen-bond acceptors (Lipinski definition) is 3. The van der Waals surface area contributed by atoms with E-state index in [4.69, 9.17) is 0 Å². The monoisotopic (exact) mass is 349 g/mol. The second kappa shape index (κ2) is 8.00. The molecule has 4 rings (SSSR count). The molecule has 26 heavy (non-hydrogen) atoms. The van der Waals surface area contributed by atoms with Gasteiger partial charge in [0.15, 0.2) is 0 Å². The number of carbonyl (C=O) groups is 1. The first-order valence-electron chi connectivity index (χ1n) is 9.78. The van der Waals surface area contributed by atoms with Gasteiger partial charge in [0, 0.05) is 31.5 Å². The van der Waals surface area contributed by atoms with Crippen molar-refractivity contribution in [2.45, 2.75) is 38.3 Å². The Kier molecular flexibility index (Phi) is 5.30. The van der Waals surface area contributed by atoms with Crippen molar-refractivity contribution in [1.82, 2.24) is 14.8 Å². The summed E-state index contributed by atoms with van der Waals surface area (Å²) < 4.78 is 0. The van der Waals surface area contributed by atoms with Gasteiger partial charge >= 0.3 is 0 Å². The molecular weight excluding hydrogens is 322 g/mol. The number of aromatic nitrogens is 1. The molecule has 0 saturated carbocycles. The molecule has 2 aliphatic heterocycles. The topological polar surface area (TPSA) is 36.4 Å². The standard InChI is InChI=1S/C22H27N3O/c26-22(20-8-4-12-23-16-20)25-13-5-9-21(25)19-10-14-24(15-11-19)17-18-6-2-1-3-7-18/h1-4,6-8,12,16,19,21H,5,9-11,13-15,17H2. The van der Waals surface area contributed by atoms with E-state index in [0.717, 1.165) is 44.6 Å². The molecule has 2 fully saturated rings. The minimum absolute atomic E-state index is 0.160. The first-order chi connectivity index (χ1) is 12.8. The summed E-state index contributed by atoms with van der Waals surface area (Å²) in [4.78, 5) is 21.7. The number of rotatable bonds is 4. The summed E-state index contributed by atoms with van der Waals surface area (Å²) in [5, 5.41) is 0. The lowest BCUT2D eigenvalue weighted by molar-refractivity contribution is 0.0614. The quantitative estimate of drug-likeness (QED) is 0.846. The van der Waals surface area contributed by atoms with Crippen molar-refractivity contribution >= 4 is 5.91 Å². The summed E-state index contributed by atoms with van der Waals surface area (Å²) in [5.41, 5.74) is 2.11. The van der Waals surface area contributed by atoms with Crippen LogP contribution in [-0.2, 0) is 6.54 Å². The third-order valence-electron chi connectivity index (χ3n) is 5.89. The van der Waals surface area contributed by atoms with Crippen molar-refractivity contribution in [3.05, 3.63) is 66.0 Å². The number of likely N-dealkylation sites (tertiary alicyclic amines) is 2. The Hall–Kier alpha value is -2.20. The van der Waals surface area contributed by atoms with Crippen LogP contribution in [0.1, 0.15) is 41.6 Å². The van der Waals surface area contributed by atoms with Gasteiger partial charge in [0.25, 0.3) is 5.91 Å². The van der Waals surface area contributed by atoms with Crippen LogP contribution < -0.4 is 0 Å². The summed E-state index contributed by atoms with van der Waals surface area (Å²) in [5.74, 6) is 0.789. The van der Waals surface area contributed by atoms with Crippen LogP contribution in [0.4, 0.5) is 0 Å². The minimum atomic E-state index is 0.160. The van der Waals surface area contributed by atoms with E-state index in [1.54, 1.807) is 12.4 Å². The summed E-state index contributed by atoms with van der Waals surface area (Å²) >= 11 is 0. The van der Waals surface area contributed by atoms with E-state index in [0.29, 0.717) is 12.0 Å². The molecule has 0 spiro atoms. The molecule has 0 N–H and O–H groups in total. The molecule has 1 atom stereocenters. The van der Waals surface area contributed by atoms with E-state index in [2.05, 4.69) is 45.1 Å². The highest BCUT2D eigenvalue weighted by Crippen LogP contribution is 2.32. The Balaban J connectivity index is 1.35. The van der Waals surface area contributed by atoms with Gasteiger partial charge < -0.3 is 4.90 Å². The first-order valence-corrected chi connectivity index (χ1v) is 9.78. The summed E-state index contributed by atoms with van der Waals surface area (Å²) in [6, 6.07) is 14.8. The second-order valence-corrected chi connectivity index (χ2v) is 7.55. The van der Waals surface area contributed by atoms with Gasteiger partial charge in [0.1, 0.15) is 0 Å². The van der Waals surface area contributed by atoms with Crippen molar-refractivity contribution in [1.29, 1.82) is 0 Å². The number of pyridine rings is 1. The normalized spacial score (nSPS) is 21.8. The number of carbonyl (C=O) groups excluding carboxylic acids is 1. The van der Waals surface area contributed by atoms with Crippen molar-refractivity contribution in [2.24, 2.45) is 5.92 Å². The molecule has 0 radical (unpaired) electrons. The highest BCUT2D eigenvalue weighted by molar-refractivity contribution is 5.94. The number of hydrogen-bond donors (Lipinski definition) is 0. The molecule has 0 aliphatic carbocycles. The lowest BCUT2D eigenvalue weighted by Gasteiger charge is -2.38. The molecule has 2 aliphatic rings. The van der Waals surface area contributed by atoms with Crippen LogP contribution in [-0.4, -0.2) is 46.4 Å².